The summed E-state index contributed by atoms with van der Waals surface area (Å²) in [6.07, 6.45) is 6.21. The molecule has 182 valence electrons. The van der Waals surface area contributed by atoms with Gasteiger partial charge in [-0.1, -0.05) is 6.08 Å². The fourth-order valence-corrected chi connectivity index (χ4v) is 4.28. The second kappa shape index (κ2) is 9.24. The largest absolute Gasteiger partial charge is 0.491 e. The van der Waals surface area contributed by atoms with Gasteiger partial charge in [-0.3, -0.25) is 4.90 Å². The van der Waals surface area contributed by atoms with E-state index in [1.54, 1.807) is 31.1 Å². The van der Waals surface area contributed by atoms with Crippen LogP contribution in [0.3, 0.4) is 0 Å². The minimum Gasteiger partial charge on any atom is -0.491 e. The maximum Gasteiger partial charge on any atom is 0.414 e. The van der Waals surface area contributed by atoms with Gasteiger partial charge in [0.1, 0.15) is 11.4 Å². The number of nitrogens with zero attached hydrogens (tertiary/aromatic N) is 4. The van der Waals surface area contributed by atoms with Crippen LogP contribution in [0.2, 0.25) is 0 Å². The highest BCUT2D eigenvalue weighted by Gasteiger charge is 2.30. The molecule has 4 rings (SSSR count). The van der Waals surface area contributed by atoms with E-state index in [-0.39, 0.29) is 5.82 Å². The Morgan fingerprint density at radius 2 is 1.91 bits per heavy atom. The molecule has 1 aliphatic heterocycles. The van der Waals surface area contributed by atoms with Gasteiger partial charge in [0.2, 0.25) is 0 Å². The third-order valence-electron chi connectivity index (χ3n) is 5.98. The topological polar surface area (TPSA) is 67.8 Å². The number of pyridine rings is 2. The summed E-state index contributed by atoms with van der Waals surface area (Å²) in [4.78, 5) is 24.9. The average molecular weight is 469 g/mol. The van der Waals surface area contributed by atoms with Gasteiger partial charge in [0.25, 0.3) is 0 Å². The van der Waals surface area contributed by atoms with Gasteiger partial charge in [-0.15, -0.1) is 0 Å². The molecule has 0 aromatic carbocycles. The Kier molecular flexibility index (Phi) is 6.51. The lowest BCUT2D eigenvalue weighted by molar-refractivity contribution is 0.0589. The maximum atomic E-state index is 16.0. The van der Waals surface area contributed by atoms with Crippen molar-refractivity contribution >= 4 is 29.0 Å². The number of aryl methyl sites for hydroxylation is 1. The summed E-state index contributed by atoms with van der Waals surface area (Å²) in [5.41, 5.74) is 2.96. The highest BCUT2D eigenvalue weighted by molar-refractivity contribution is 5.88. The van der Waals surface area contributed by atoms with E-state index >= 15 is 4.39 Å². The van der Waals surface area contributed by atoms with Gasteiger partial charge in [0.05, 0.1) is 23.6 Å². The molecule has 8 heteroatoms. The summed E-state index contributed by atoms with van der Waals surface area (Å²) in [5, 5.41) is 0. The molecule has 2 aliphatic rings. The molecule has 0 unspecified atom stereocenters. The lowest BCUT2D eigenvalue weighted by atomic mass is 9.92. The van der Waals surface area contributed by atoms with Crippen molar-refractivity contribution in [2.75, 3.05) is 30.5 Å². The van der Waals surface area contributed by atoms with Gasteiger partial charge in [-0.25, -0.2) is 19.2 Å². The number of carbonyl (C=O) groups is 1. The van der Waals surface area contributed by atoms with E-state index in [1.165, 1.54) is 4.90 Å². The van der Waals surface area contributed by atoms with Crippen LogP contribution in [0.1, 0.15) is 63.4 Å². The molecule has 0 saturated heterocycles. The molecule has 0 saturated carbocycles. The van der Waals surface area contributed by atoms with Gasteiger partial charge < -0.3 is 14.4 Å². The van der Waals surface area contributed by atoms with Gasteiger partial charge in [0, 0.05) is 32.3 Å². The number of allylic oxidation sites excluding steroid dienone is 2. The number of halogens is 1. The summed E-state index contributed by atoms with van der Waals surface area (Å²) in [7, 11) is 3.39. The van der Waals surface area contributed by atoms with Crippen LogP contribution in [0.4, 0.5) is 26.5 Å². The summed E-state index contributed by atoms with van der Waals surface area (Å²) in [5.74, 6) is 0.862. The van der Waals surface area contributed by atoms with Crippen molar-refractivity contribution in [1.29, 1.82) is 0 Å². The Morgan fingerprint density at radius 3 is 2.59 bits per heavy atom. The van der Waals surface area contributed by atoms with E-state index in [2.05, 4.69) is 16.0 Å². The Hall–Kier alpha value is -3.16. The normalized spacial score (nSPS) is 15.3. The Morgan fingerprint density at radius 1 is 1.15 bits per heavy atom. The number of hydrogen-bond donors (Lipinski definition) is 0. The molecule has 7 nitrogen and oxygen atoms in total. The van der Waals surface area contributed by atoms with E-state index in [1.807, 2.05) is 27.7 Å². The number of hydrogen-bond acceptors (Lipinski definition) is 6. The first-order valence-corrected chi connectivity index (χ1v) is 11.8. The first kappa shape index (κ1) is 24.0. The molecule has 0 spiro atoms. The molecule has 1 amide bonds. The number of rotatable bonds is 4. The van der Waals surface area contributed by atoms with Crippen molar-refractivity contribution in [2.24, 2.45) is 0 Å². The molecule has 1 aliphatic carbocycles. The van der Waals surface area contributed by atoms with Crippen molar-refractivity contribution in [3.63, 3.8) is 0 Å². The zero-order valence-electron chi connectivity index (χ0n) is 20.9. The lowest BCUT2D eigenvalue weighted by Gasteiger charge is -2.26. The Balaban J connectivity index is 1.73. The van der Waals surface area contributed by atoms with Crippen LogP contribution < -0.4 is 14.5 Å². The number of aromatic nitrogens is 2. The molecule has 34 heavy (non-hydrogen) atoms. The molecule has 3 heterocycles. The zero-order valence-corrected chi connectivity index (χ0v) is 20.9. The average Bonchev–Trinajstić information content (AvgIpc) is 3.24. The van der Waals surface area contributed by atoms with Crippen molar-refractivity contribution in [3.8, 4) is 5.75 Å². The van der Waals surface area contributed by atoms with Crippen LogP contribution in [-0.4, -0.2) is 42.4 Å². The predicted molar refractivity (Wildman–Crippen MR) is 132 cm³/mol. The molecule has 0 N–H and O–H groups in total. The maximum absolute atomic E-state index is 16.0. The molecule has 0 bridgehead atoms. The van der Waals surface area contributed by atoms with E-state index in [4.69, 9.17) is 9.47 Å². The minimum atomic E-state index is -0.614. The number of ether oxygens (including phenoxy) is 2. The second-order valence-electron chi connectivity index (χ2n) is 9.90. The van der Waals surface area contributed by atoms with Crippen molar-refractivity contribution in [1.82, 2.24) is 9.97 Å². The van der Waals surface area contributed by atoms with Crippen molar-refractivity contribution < 1.29 is 18.7 Å². The van der Waals surface area contributed by atoms with Crippen molar-refractivity contribution in [3.05, 3.63) is 41.0 Å². The third kappa shape index (κ3) is 4.86. The number of amides is 1. The summed E-state index contributed by atoms with van der Waals surface area (Å²) < 4.78 is 27.3. The van der Waals surface area contributed by atoms with Gasteiger partial charge in [0.15, 0.2) is 17.4 Å². The van der Waals surface area contributed by atoms with Gasteiger partial charge >= 0.3 is 6.09 Å². The van der Waals surface area contributed by atoms with Gasteiger partial charge in [-0.05, 0) is 65.0 Å². The quantitative estimate of drug-likeness (QED) is 0.552. The third-order valence-corrected chi connectivity index (χ3v) is 5.98. The van der Waals surface area contributed by atoms with Crippen LogP contribution in [0, 0.1) is 12.7 Å². The molecule has 0 fully saturated rings. The van der Waals surface area contributed by atoms with Crippen LogP contribution in [-0.2, 0) is 11.2 Å². The molecular weight excluding hydrogens is 435 g/mol. The molecule has 0 radical (unpaired) electrons. The summed E-state index contributed by atoms with van der Waals surface area (Å²) >= 11 is 0. The van der Waals surface area contributed by atoms with Crippen LogP contribution in [0.15, 0.2) is 18.2 Å². The van der Waals surface area contributed by atoms with E-state index < -0.39 is 17.5 Å². The standard InChI is InChI=1S/C26H33FN4O3/c1-16-14-18(30(5)25(32)34-26(2,3)4)15-20(28-16)31(6)24-22(27)21(17-10-8-7-9-11-17)23-19(29-24)12-13-33-23/h10,14-15H,7-9,11-13H2,1-6H3. The molecular formula is C26H33FN4O3. The predicted octanol–water partition coefficient (Wildman–Crippen LogP) is 5.96. The van der Waals surface area contributed by atoms with Crippen molar-refractivity contribution in [2.45, 2.75) is 65.4 Å². The fraction of sp³-hybridized carbons (Fsp3) is 0.500. The first-order valence-electron chi connectivity index (χ1n) is 11.8. The lowest BCUT2D eigenvalue weighted by Crippen LogP contribution is -2.34. The van der Waals surface area contributed by atoms with E-state index in [9.17, 15) is 4.79 Å². The molecule has 2 aromatic heterocycles. The minimum absolute atomic E-state index is 0.203. The molecule has 0 atom stereocenters. The second-order valence-corrected chi connectivity index (χ2v) is 9.90. The van der Waals surface area contributed by atoms with Crippen LogP contribution in [0.5, 0.6) is 5.75 Å². The fourth-order valence-electron chi connectivity index (χ4n) is 4.28. The Labute approximate surface area is 200 Å². The summed E-state index contributed by atoms with van der Waals surface area (Å²) in [6, 6.07) is 3.53. The first-order chi connectivity index (χ1) is 16.0. The van der Waals surface area contributed by atoms with Gasteiger partial charge in [-0.2, -0.15) is 0 Å². The number of anilines is 3. The van der Waals surface area contributed by atoms with Crippen LogP contribution in [0.25, 0.3) is 5.57 Å². The SMILES string of the molecule is Cc1cc(N(C)C(=O)OC(C)(C)C)cc(N(C)c2nc3c(c(C4=CCCCC4)c2F)OCC3)n1. The zero-order chi connectivity index (χ0) is 24.6. The van der Waals surface area contributed by atoms with E-state index in [0.717, 1.165) is 37.0 Å². The number of carbonyl (C=O) groups excluding carboxylic acids is 1. The summed E-state index contributed by atoms with van der Waals surface area (Å²) in [6.45, 7) is 7.80. The number of fused-ring (bicyclic) bond motifs is 1. The monoisotopic (exact) mass is 468 g/mol. The smallest absolute Gasteiger partial charge is 0.414 e. The highest BCUT2D eigenvalue weighted by Crippen LogP contribution is 2.42. The molecule has 2 aromatic rings. The van der Waals surface area contributed by atoms with Crippen LogP contribution >= 0.6 is 0 Å². The highest BCUT2D eigenvalue weighted by atomic mass is 19.1. The van der Waals surface area contributed by atoms with E-state index in [0.29, 0.717) is 41.5 Å². The Bertz CT molecular complexity index is 1140.